The molecule has 2 aliphatic carbocycles. The standard InChI is InChI=1S/C14H23N3/c1-10-3-6-13(11(2)9-10)16-14-15-7-8-17(14)12-4-5-12/h7-8,10-13H,3-6,9H2,1-2H3,(H,15,16). The minimum absolute atomic E-state index is 0.617. The summed E-state index contributed by atoms with van der Waals surface area (Å²) in [4.78, 5) is 4.48. The summed E-state index contributed by atoms with van der Waals surface area (Å²) >= 11 is 0. The van der Waals surface area contributed by atoms with Crippen LogP contribution in [0.1, 0.15) is 52.0 Å². The van der Waals surface area contributed by atoms with Gasteiger partial charge in [-0.1, -0.05) is 13.8 Å². The maximum absolute atomic E-state index is 4.48. The van der Waals surface area contributed by atoms with Crippen molar-refractivity contribution in [2.24, 2.45) is 11.8 Å². The summed E-state index contributed by atoms with van der Waals surface area (Å²) in [5, 5.41) is 3.67. The number of hydrogen-bond donors (Lipinski definition) is 1. The number of rotatable bonds is 3. The van der Waals surface area contributed by atoms with Gasteiger partial charge in [0.05, 0.1) is 0 Å². The smallest absolute Gasteiger partial charge is 0.203 e. The highest BCUT2D eigenvalue weighted by Gasteiger charge is 2.29. The molecule has 1 aromatic rings. The quantitative estimate of drug-likeness (QED) is 0.866. The summed E-state index contributed by atoms with van der Waals surface area (Å²) in [5.74, 6) is 2.76. The van der Waals surface area contributed by atoms with Gasteiger partial charge in [0.2, 0.25) is 5.95 Å². The number of imidazole rings is 1. The average molecular weight is 233 g/mol. The summed E-state index contributed by atoms with van der Waals surface area (Å²) in [5.41, 5.74) is 0. The van der Waals surface area contributed by atoms with Crippen LogP contribution in [0.5, 0.6) is 0 Å². The van der Waals surface area contributed by atoms with Crippen LogP contribution in [0.25, 0.3) is 0 Å². The van der Waals surface area contributed by atoms with Crippen LogP contribution in [0.3, 0.4) is 0 Å². The van der Waals surface area contributed by atoms with Crippen molar-refractivity contribution in [1.29, 1.82) is 0 Å². The normalized spacial score (nSPS) is 33.6. The number of aromatic nitrogens is 2. The van der Waals surface area contributed by atoms with Gasteiger partial charge < -0.3 is 9.88 Å². The molecule has 0 bridgehead atoms. The lowest BCUT2D eigenvalue weighted by atomic mass is 9.80. The van der Waals surface area contributed by atoms with Crippen molar-refractivity contribution >= 4 is 5.95 Å². The molecular formula is C14H23N3. The molecule has 2 saturated carbocycles. The van der Waals surface area contributed by atoms with Crippen molar-refractivity contribution in [3.63, 3.8) is 0 Å². The molecule has 17 heavy (non-hydrogen) atoms. The second-order valence-corrected chi connectivity index (χ2v) is 6.04. The molecule has 0 saturated heterocycles. The fourth-order valence-electron chi connectivity index (χ4n) is 3.12. The van der Waals surface area contributed by atoms with Crippen LogP contribution in [-0.2, 0) is 0 Å². The monoisotopic (exact) mass is 233 g/mol. The van der Waals surface area contributed by atoms with Crippen LogP contribution in [0, 0.1) is 11.8 Å². The third-order valence-corrected chi connectivity index (χ3v) is 4.35. The summed E-state index contributed by atoms with van der Waals surface area (Å²) in [6.07, 6.45) is 10.7. The molecule has 3 unspecified atom stereocenters. The SMILES string of the molecule is CC1CCC(Nc2nccn2C2CC2)C(C)C1. The maximum Gasteiger partial charge on any atom is 0.203 e. The van der Waals surface area contributed by atoms with Crippen molar-refractivity contribution in [2.75, 3.05) is 5.32 Å². The highest BCUT2D eigenvalue weighted by Crippen LogP contribution is 2.38. The zero-order valence-electron chi connectivity index (χ0n) is 10.9. The lowest BCUT2D eigenvalue weighted by Crippen LogP contribution is -2.33. The Labute approximate surface area is 104 Å². The zero-order chi connectivity index (χ0) is 11.8. The van der Waals surface area contributed by atoms with Gasteiger partial charge in [-0.25, -0.2) is 4.98 Å². The van der Waals surface area contributed by atoms with Crippen LogP contribution in [0.2, 0.25) is 0 Å². The van der Waals surface area contributed by atoms with E-state index >= 15 is 0 Å². The van der Waals surface area contributed by atoms with Crippen molar-refractivity contribution in [3.8, 4) is 0 Å². The van der Waals surface area contributed by atoms with Crippen LogP contribution >= 0.6 is 0 Å². The van der Waals surface area contributed by atoms with E-state index in [0.29, 0.717) is 6.04 Å². The third kappa shape index (κ3) is 2.33. The van der Waals surface area contributed by atoms with Crippen LogP contribution in [-0.4, -0.2) is 15.6 Å². The second-order valence-electron chi connectivity index (χ2n) is 6.04. The molecule has 1 aromatic heterocycles. The predicted octanol–water partition coefficient (Wildman–Crippen LogP) is 3.45. The first kappa shape index (κ1) is 11.1. The van der Waals surface area contributed by atoms with Gasteiger partial charge in [-0.2, -0.15) is 0 Å². The molecule has 3 atom stereocenters. The van der Waals surface area contributed by atoms with Gasteiger partial charge in [-0.3, -0.25) is 0 Å². The summed E-state index contributed by atoms with van der Waals surface area (Å²) in [6.45, 7) is 4.75. The number of nitrogens with one attached hydrogen (secondary N) is 1. The highest BCUT2D eigenvalue weighted by atomic mass is 15.2. The molecule has 2 aliphatic rings. The van der Waals surface area contributed by atoms with Crippen LogP contribution in [0.4, 0.5) is 5.95 Å². The number of anilines is 1. The Hall–Kier alpha value is -0.990. The molecule has 1 N–H and O–H groups in total. The van der Waals surface area contributed by atoms with Crippen molar-refractivity contribution < 1.29 is 0 Å². The molecule has 0 aromatic carbocycles. The fraction of sp³-hybridized carbons (Fsp3) is 0.786. The second kappa shape index (κ2) is 4.35. The van der Waals surface area contributed by atoms with Crippen molar-refractivity contribution in [1.82, 2.24) is 9.55 Å². The Morgan fingerprint density at radius 1 is 1.24 bits per heavy atom. The van der Waals surface area contributed by atoms with E-state index in [1.807, 2.05) is 6.20 Å². The Morgan fingerprint density at radius 2 is 2.06 bits per heavy atom. The molecule has 2 fully saturated rings. The Bertz CT molecular complexity index is 381. The minimum Gasteiger partial charge on any atom is -0.353 e. The van der Waals surface area contributed by atoms with E-state index in [2.05, 4.69) is 34.9 Å². The molecule has 0 aliphatic heterocycles. The Balaban J connectivity index is 1.67. The largest absolute Gasteiger partial charge is 0.353 e. The predicted molar refractivity (Wildman–Crippen MR) is 70.1 cm³/mol. The molecule has 0 amide bonds. The Kier molecular flexibility index (Phi) is 2.85. The molecule has 0 spiro atoms. The first-order valence-corrected chi connectivity index (χ1v) is 7.03. The van der Waals surface area contributed by atoms with Gasteiger partial charge in [0.25, 0.3) is 0 Å². The number of hydrogen-bond acceptors (Lipinski definition) is 2. The lowest BCUT2D eigenvalue weighted by Gasteiger charge is -2.33. The third-order valence-electron chi connectivity index (χ3n) is 4.35. The molecular weight excluding hydrogens is 210 g/mol. The summed E-state index contributed by atoms with van der Waals surface area (Å²) < 4.78 is 2.32. The first-order valence-electron chi connectivity index (χ1n) is 7.03. The molecule has 0 radical (unpaired) electrons. The van der Waals surface area contributed by atoms with Gasteiger partial charge in [0.1, 0.15) is 0 Å². The van der Waals surface area contributed by atoms with Gasteiger partial charge in [0, 0.05) is 24.5 Å². The van der Waals surface area contributed by atoms with E-state index in [1.54, 1.807) is 0 Å². The van der Waals surface area contributed by atoms with Gasteiger partial charge >= 0.3 is 0 Å². The van der Waals surface area contributed by atoms with E-state index in [9.17, 15) is 0 Å². The minimum atomic E-state index is 0.617. The molecule has 3 nitrogen and oxygen atoms in total. The first-order chi connectivity index (χ1) is 8.24. The van der Waals surface area contributed by atoms with E-state index in [0.717, 1.165) is 23.8 Å². The van der Waals surface area contributed by atoms with E-state index in [-0.39, 0.29) is 0 Å². The van der Waals surface area contributed by atoms with E-state index in [1.165, 1.54) is 32.1 Å². The maximum atomic E-state index is 4.48. The van der Waals surface area contributed by atoms with Crippen molar-refractivity contribution in [2.45, 2.75) is 58.0 Å². The number of nitrogens with zero attached hydrogens (tertiary/aromatic N) is 2. The highest BCUT2D eigenvalue weighted by molar-refractivity contribution is 5.30. The zero-order valence-corrected chi connectivity index (χ0v) is 10.9. The average Bonchev–Trinajstić information content (AvgIpc) is 3.03. The van der Waals surface area contributed by atoms with E-state index < -0.39 is 0 Å². The fourth-order valence-corrected chi connectivity index (χ4v) is 3.12. The molecule has 3 rings (SSSR count). The van der Waals surface area contributed by atoms with Gasteiger partial charge in [-0.15, -0.1) is 0 Å². The molecule has 94 valence electrons. The van der Waals surface area contributed by atoms with Gasteiger partial charge in [-0.05, 0) is 43.9 Å². The van der Waals surface area contributed by atoms with Crippen LogP contribution < -0.4 is 5.32 Å². The molecule has 1 heterocycles. The van der Waals surface area contributed by atoms with E-state index in [4.69, 9.17) is 0 Å². The van der Waals surface area contributed by atoms with Crippen molar-refractivity contribution in [3.05, 3.63) is 12.4 Å². The molecule has 3 heteroatoms. The van der Waals surface area contributed by atoms with Gasteiger partial charge in [0.15, 0.2) is 0 Å². The topological polar surface area (TPSA) is 29.9 Å². The summed E-state index contributed by atoms with van der Waals surface area (Å²) in [6, 6.07) is 1.34. The lowest BCUT2D eigenvalue weighted by molar-refractivity contribution is 0.275. The van der Waals surface area contributed by atoms with Crippen LogP contribution in [0.15, 0.2) is 12.4 Å². The summed E-state index contributed by atoms with van der Waals surface area (Å²) in [7, 11) is 0. The Morgan fingerprint density at radius 3 is 2.76 bits per heavy atom.